The van der Waals surface area contributed by atoms with Crippen molar-refractivity contribution in [3.8, 4) is 0 Å². The number of likely N-dealkylation sites (N-methyl/N-ethyl adjacent to an activating group) is 1. The van der Waals surface area contributed by atoms with Crippen molar-refractivity contribution < 1.29 is 4.79 Å². The molecule has 0 saturated carbocycles. The Balaban J connectivity index is 1.84. The molecule has 1 unspecified atom stereocenters. The second-order valence-electron chi connectivity index (χ2n) is 3.45. The molecule has 2 heterocycles. The van der Waals surface area contributed by atoms with Gasteiger partial charge in [-0.1, -0.05) is 0 Å². The van der Waals surface area contributed by atoms with Crippen LogP contribution in [-0.2, 0) is 11.3 Å². The van der Waals surface area contributed by atoms with Crippen molar-refractivity contribution in [2.24, 2.45) is 0 Å². The van der Waals surface area contributed by atoms with Crippen LogP contribution in [0.4, 0.5) is 0 Å². The van der Waals surface area contributed by atoms with Crippen LogP contribution in [0, 0.1) is 0 Å². The molecule has 1 aliphatic rings. The van der Waals surface area contributed by atoms with Gasteiger partial charge in [-0.25, -0.2) is 0 Å². The van der Waals surface area contributed by atoms with Crippen molar-refractivity contribution in [2.45, 2.75) is 19.0 Å². The third kappa shape index (κ3) is 1.93. The summed E-state index contributed by atoms with van der Waals surface area (Å²) in [5.74, 6) is 0.203. The predicted octanol–water partition coefficient (Wildman–Crippen LogP) is 0.463. The average Bonchev–Trinajstić information content (AvgIpc) is 2.77. The first-order chi connectivity index (χ1) is 6.77. The van der Waals surface area contributed by atoms with Gasteiger partial charge in [0.25, 0.3) is 0 Å². The van der Waals surface area contributed by atoms with Gasteiger partial charge in [-0.15, -0.1) is 11.3 Å². The van der Waals surface area contributed by atoms with Crippen LogP contribution < -0.4 is 5.32 Å². The summed E-state index contributed by atoms with van der Waals surface area (Å²) in [6.45, 7) is 1.61. The number of nitrogens with zero attached hydrogens (tertiary/aromatic N) is 2. The largest absolute Gasteiger partial charge is 0.344 e. The Hall–Kier alpha value is -0.940. The van der Waals surface area contributed by atoms with Crippen LogP contribution in [0.2, 0.25) is 0 Å². The minimum atomic E-state index is 0.00194. The first-order valence-corrected chi connectivity index (χ1v) is 5.51. The monoisotopic (exact) mass is 211 g/mol. The lowest BCUT2D eigenvalue weighted by molar-refractivity contribution is -0.128. The molecule has 2 rings (SSSR count). The molecule has 1 N–H and O–H groups in total. The van der Waals surface area contributed by atoms with Crippen LogP contribution in [0.5, 0.6) is 0 Å². The van der Waals surface area contributed by atoms with Crippen LogP contribution in [0.3, 0.4) is 0 Å². The summed E-state index contributed by atoms with van der Waals surface area (Å²) >= 11 is 1.61. The maximum Gasteiger partial charge on any atom is 0.239 e. The summed E-state index contributed by atoms with van der Waals surface area (Å²) in [6, 6.07) is 0.00194. The number of carbonyl (C=O) groups is 1. The third-order valence-corrected chi connectivity index (χ3v) is 3.21. The minimum absolute atomic E-state index is 0.00194. The van der Waals surface area contributed by atoms with Gasteiger partial charge in [-0.3, -0.25) is 9.78 Å². The van der Waals surface area contributed by atoms with Crippen LogP contribution in [0.1, 0.15) is 11.3 Å². The molecule has 0 bridgehead atoms. The molecular weight excluding hydrogens is 198 g/mol. The molecule has 1 fully saturated rings. The Morgan fingerprint density at radius 3 is 3.21 bits per heavy atom. The van der Waals surface area contributed by atoms with Gasteiger partial charge in [0, 0.05) is 31.2 Å². The number of aromatic nitrogens is 1. The smallest absolute Gasteiger partial charge is 0.239 e. The van der Waals surface area contributed by atoms with Crippen LogP contribution in [-0.4, -0.2) is 35.4 Å². The maximum atomic E-state index is 11.5. The SMILES string of the molecule is CN1CCC(NCc2cncs2)C1=O. The van der Waals surface area contributed by atoms with E-state index < -0.39 is 0 Å². The van der Waals surface area contributed by atoms with Crippen molar-refractivity contribution in [2.75, 3.05) is 13.6 Å². The molecule has 1 atom stereocenters. The third-order valence-electron chi connectivity index (χ3n) is 2.43. The summed E-state index contributed by atoms with van der Waals surface area (Å²) in [4.78, 5) is 18.4. The fourth-order valence-electron chi connectivity index (χ4n) is 1.57. The van der Waals surface area contributed by atoms with E-state index in [-0.39, 0.29) is 11.9 Å². The topological polar surface area (TPSA) is 45.2 Å². The zero-order valence-corrected chi connectivity index (χ0v) is 8.88. The lowest BCUT2D eigenvalue weighted by atomic mass is 10.2. The van der Waals surface area contributed by atoms with Crippen molar-refractivity contribution in [1.29, 1.82) is 0 Å². The van der Waals surface area contributed by atoms with Gasteiger partial charge in [0.2, 0.25) is 5.91 Å². The van der Waals surface area contributed by atoms with E-state index >= 15 is 0 Å². The quantitative estimate of drug-likeness (QED) is 0.790. The first kappa shape index (κ1) is 9.61. The van der Waals surface area contributed by atoms with Crippen LogP contribution in [0.25, 0.3) is 0 Å². The molecule has 0 aliphatic carbocycles. The molecule has 1 amide bonds. The van der Waals surface area contributed by atoms with E-state index in [2.05, 4.69) is 10.3 Å². The summed E-state index contributed by atoms with van der Waals surface area (Å²) < 4.78 is 0. The molecule has 1 aromatic heterocycles. The molecule has 0 aromatic carbocycles. The molecule has 0 radical (unpaired) electrons. The molecule has 0 spiro atoms. The number of likely N-dealkylation sites (tertiary alicyclic amines) is 1. The van der Waals surface area contributed by atoms with Crippen molar-refractivity contribution in [3.05, 3.63) is 16.6 Å². The molecule has 76 valence electrons. The van der Waals surface area contributed by atoms with Gasteiger partial charge in [0.1, 0.15) is 0 Å². The Labute approximate surface area is 86.9 Å². The van der Waals surface area contributed by atoms with Gasteiger partial charge >= 0.3 is 0 Å². The van der Waals surface area contributed by atoms with Crippen molar-refractivity contribution in [3.63, 3.8) is 0 Å². The second-order valence-corrected chi connectivity index (χ2v) is 4.42. The Morgan fingerprint density at radius 1 is 1.79 bits per heavy atom. The highest BCUT2D eigenvalue weighted by Crippen LogP contribution is 2.10. The highest BCUT2D eigenvalue weighted by molar-refractivity contribution is 7.09. The number of hydrogen-bond donors (Lipinski definition) is 1. The van der Waals surface area contributed by atoms with Crippen LogP contribution in [0.15, 0.2) is 11.7 Å². The Morgan fingerprint density at radius 2 is 2.64 bits per heavy atom. The highest BCUT2D eigenvalue weighted by Gasteiger charge is 2.28. The second kappa shape index (κ2) is 4.06. The molecule has 1 aromatic rings. The number of rotatable bonds is 3. The predicted molar refractivity (Wildman–Crippen MR) is 55.0 cm³/mol. The maximum absolute atomic E-state index is 11.5. The number of nitrogens with one attached hydrogen (secondary N) is 1. The number of thiazole rings is 1. The Bertz CT molecular complexity index is 312. The summed E-state index contributed by atoms with van der Waals surface area (Å²) in [5.41, 5.74) is 1.81. The van der Waals surface area contributed by atoms with Crippen molar-refractivity contribution in [1.82, 2.24) is 15.2 Å². The van der Waals surface area contributed by atoms with E-state index in [9.17, 15) is 4.79 Å². The van der Waals surface area contributed by atoms with E-state index in [1.807, 2.05) is 13.2 Å². The molecule has 4 nitrogen and oxygen atoms in total. The first-order valence-electron chi connectivity index (χ1n) is 4.63. The zero-order chi connectivity index (χ0) is 9.97. The van der Waals surface area contributed by atoms with Gasteiger partial charge in [0.15, 0.2) is 0 Å². The van der Waals surface area contributed by atoms with E-state index in [0.29, 0.717) is 0 Å². The Kier molecular flexibility index (Phi) is 2.79. The highest BCUT2D eigenvalue weighted by atomic mass is 32.1. The lowest BCUT2D eigenvalue weighted by Crippen LogP contribution is -2.36. The summed E-state index contributed by atoms with van der Waals surface area (Å²) in [5, 5.41) is 3.24. The van der Waals surface area contributed by atoms with E-state index in [1.54, 1.807) is 21.7 Å². The lowest BCUT2D eigenvalue weighted by Gasteiger charge is -2.10. The molecule has 1 aliphatic heterocycles. The summed E-state index contributed by atoms with van der Waals surface area (Å²) in [7, 11) is 1.84. The number of hydrogen-bond acceptors (Lipinski definition) is 4. The van der Waals surface area contributed by atoms with Gasteiger partial charge < -0.3 is 10.2 Å². The molecule has 1 saturated heterocycles. The fraction of sp³-hybridized carbons (Fsp3) is 0.556. The van der Waals surface area contributed by atoms with Crippen LogP contribution >= 0.6 is 11.3 Å². The minimum Gasteiger partial charge on any atom is -0.344 e. The van der Waals surface area contributed by atoms with Crippen molar-refractivity contribution >= 4 is 17.2 Å². The van der Waals surface area contributed by atoms with E-state index in [1.165, 1.54) is 4.88 Å². The zero-order valence-electron chi connectivity index (χ0n) is 8.06. The summed E-state index contributed by atoms with van der Waals surface area (Å²) in [6.07, 6.45) is 2.74. The molecular formula is C9H13N3OS. The molecule has 14 heavy (non-hydrogen) atoms. The van der Waals surface area contributed by atoms with Gasteiger partial charge in [-0.05, 0) is 6.42 Å². The average molecular weight is 211 g/mol. The number of amides is 1. The van der Waals surface area contributed by atoms with Gasteiger partial charge in [-0.2, -0.15) is 0 Å². The standard InChI is InChI=1S/C9H13N3OS/c1-12-3-2-8(9(12)13)11-5-7-4-10-6-14-7/h4,6,8,11H,2-3,5H2,1H3. The van der Waals surface area contributed by atoms with Gasteiger partial charge in [0.05, 0.1) is 11.6 Å². The van der Waals surface area contributed by atoms with E-state index in [0.717, 1.165) is 19.5 Å². The number of carbonyl (C=O) groups excluding carboxylic acids is 1. The molecule has 5 heteroatoms. The normalized spacial score (nSPS) is 21.9. The van der Waals surface area contributed by atoms with E-state index in [4.69, 9.17) is 0 Å². The fourth-order valence-corrected chi connectivity index (χ4v) is 2.11.